The molecule has 3 heterocycles. The summed E-state index contributed by atoms with van der Waals surface area (Å²) in [5.74, 6) is 0. The molecule has 4 aromatic rings. The van der Waals surface area contributed by atoms with Gasteiger partial charge < -0.3 is 0 Å². The second-order valence-corrected chi connectivity index (χ2v) is 13.1. The highest BCUT2D eigenvalue weighted by molar-refractivity contribution is 7.99. The second kappa shape index (κ2) is 4.87. The van der Waals surface area contributed by atoms with E-state index < -0.39 is 8.07 Å². The number of hydrogen-bond acceptors (Lipinski definition) is 2. The number of pyridine rings is 1. The molecular formula is C23H17NSSi. The number of hydrogen-bond donors (Lipinski definition) is 0. The predicted octanol–water partition coefficient (Wildman–Crippen LogP) is 5.17. The van der Waals surface area contributed by atoms with Crippen LogP contribution in [0.1, 0.15) is 0 Å². The van der Waals surface area contributed by atoms with Crippen molar-refractivity contribution in [1.29, 1.82) is 0 Å². The van der Waals surface area contributed by atoms with Crippen molar-refractivity contribution in [3.05, 3.63) is 66.9 Å². The van der Waals surface area contributed by atoms with Crippen LogP contribution >= 0.6 is 11.8 Å². The van der Waals surface area contributed by atoms with Crippen LogP contribution in [0.15, 0.2) is 76.7 Å². The van der Waals surface area contributed by atoms with Gasteiger partial charge in [0.2, 0.25) is 0 Å². The van der Waals surface area contributed by atoms with Gasteiger partial charge in [0.25, 0.3) is 0 Å². The van der Waals surface area contributed by atoms with Gasteiger partial charge in [0, 0.05) is 27.1 Å². The first-order valence-corrected chi connectivity index (χ1v) is 12.8. The van der Waals surface area contributed by atoms with E-state index in [1.807, 2.05) is 18.0 Å². The summed E-state index contributed by atoms with van der Waals surface area (Å²) in [4.78, 5) is 7.59. The van der Waals surface area contributed by atoms with Crippen LogP contribution in [0.5, 0.6) is 0 Å². The van der Waals surface area contributed by atoms with Gasteiger partial charge in [-0.25, -0.2) is 0 Å². The number of aromatic nitrogens is 1. The zero-order chi connectivity index (χ0) is 17.5. The Labute approximate surface area is 158 Å². The molecule has 0 unspecified atom stereocenters. The highest BCUT2D eigenvalue weighted by Gasteiger charge is 2.41. The number of benzene rings is 3. The van der Waals surface area contributed by atoms with E-state index in [0.29, 0.717) is 0 Å². The van der Waals surface area contributed by atoms with E-state index in [4.69, 9.17) is 4.98 Å². The minimum Gasteiger partial charge on any atom is -0.256 e. The van der Waals surface area contributed by atoms with E-state index in [2.05, 4.69) is 73.8 Å². The summed E-state index contributed by atoms with van der Waals surface area (Å²) in [6, 6.07) is 22.4. The molecule has 3 aromatic carbocycles. The van der Waals surface area contributed by atoms with E-state index >= 15 is 0 Å². The van der Waals surface area contributed by atoms with Crippen molar-refractivity contribution in [2.75, 3.05) is 0 Å². The van der Waals surface area contributed by atoms with E-state index in [9.17, 15) is 0 Å². The van der Waals surface area contributed by atoms with Crippen LogP contribution in [0.3, 0.4) is 0 Å². The van der Waals surface area contributed by atoms with Crippen molar-refractivity contribution < 1.29 is 0 Å². The van der Waals surface area contributed by atoms with Gasteiger partial charge >= 0.3 is 0 Å². The quantitative estimate of drug-likeness (QED) is 0.350. The lowest BCUT2D eigenvalue weighted by Gasteiger charge is -2.20. The van der Waals surface area contributed by atoms with Crippen LogP contribution in [0.2, 0.25) is 13.1 Å². The van der Waals surface area contributed by atoms with Gasteiger partial charge in [-0.3, -0.25) is 4.98 Å². The van der Waals surface area contributed by atoms with Gasteiger partial charge in [-0.1, -0.05) is 61.3 Å². The van der Waals surface area contributed by atoms with Crippen LogP contribution < -0.4 is 10.4 Å². The van der Waals surface area contributed by atoms with Gasteiger partial charge in [0.05, 0.1) is 5.69 Å². The maximum absolute atomic E-state index is 4.89. The second-order valence-electron chi connectivity index (χ2n) is 7.68. The Balaban J connectivity index is 1.81. The lowest BCUT2D eigenvalue weighted by molar-refractivity contribution is 1.32. The average molecular weight is 368 g/mol. The molecule has 0 saturated heterocycles. The van der Waals surface area contributed by atoms with Crippen molar-refractivity contribution in [2.24, 2.45) is 0 Å². The fraction of sp³-hybridized carbons (Fsp3) is 0.0870. The Morgan fingerprint density at radius 1 is 0.769 bits per heavy atom. The van der Waals surface area contributed by atoms with Crippen molar-refractivity contribution in [1.82, 2.24) is 4.98 Å². The summed E-state index contributed by atoms with van der Waals surface area (Å²) < 4.78 is 0. The highest BCUT2D eigenvalue weighted by Crippen LogP contribution is 2.49. The van der Waals surface area contributed by atoms with Crippen LogP contribution in [0.25, 0.3) is 33.2 Å². The number of nitrogens with zero attached hydrogens (tertiary/aromatic N) is 1. The molecule has 0 fully saturated rings. The molecule has 2 aliphatic heterocycles. The SMILES string of the molecule is C[Si]1(C)c2cccc3c2-c2c1ccnc2-c1cc2ccccc2cc1S3. The molecule has 0 radical (unpaired) electrons. The Bertz CT molecular complexity index is 1240. The molecule has 3 heteroatoms. The van der Waals surface area contributed by atoms with Crippen molar-refractivity contribution in [2.45, 2.75) is 22.9 Å². The third-order valence-electron chi connectivity index (χ3n) is 5.90. The lowest BCUT2D eigenvalue weighted by Crippen LogP contribution is -2.49. The van der Waals surface area contributed by atoms with Crippen LogP contribution in [0.4, 0.5) is 0 Å². The normalized spacial score (nSPS) is 15.5. The van der Waals surface area contributed by atoms with Crippen LogP contribution in [0, 0.1) is 0 Å². The number of fused-ring (bicyclic) bond motifs is 3. The standard InChI is InChI=1S/C23H17NSSi/c1-26(2)19-9-5-8-17-21(19)22-20(26)10-11-24-23(22)16-12-14-6-3-4-7-15(14)13-18(16)25-17/h3-13H,1-2H3. The van der Waals surface area contributed by atoms with E-state index in [1.165, 1.54) is 48.1 Å². The molecule has 0 N–H and O–H groups in total. The predicted molar refractivity (Wildman–Crippen MR) is 113 cm³/mol. The summed E-state index contributed by atoms with van der Waals surface area (Å²) in [7, 11) is -1.65. The Kier molecular flexibility index (Phi) is 2.77. The Hall–Kier alpha value is -2.36. The van der Waals surface area contributed by atoms with Crippen LogP contribution in [-0.4, -0.2) is 13.1 Å². The average Bonchev–Trinajstić information content (AvgIpc) is 2.81. The first kappa shape index (κ1) is 14.8. The van der Waals surface area contributed by atoms with E-state index in [-0.39, 0.29) is 0 Å². The molecule has 1 aromatic heterocycles. The van der Waals surface area contributed by atoms with E-state index in [1.54, 1.807) is 5.19 Å². The molecule has 0 bridgehead atoms. The summed E-state index contributed by atoms with van der Waals surface area (Å²) in [6.45, 7) is 4.94. The minimum absolute atomic E-state index is 1.17. The molecule has 0 aliphatic carbocycles. The smallest absolute Gasteiger partial charge is 0.114 e. The zero-order valence-corrected chi connectivity index (χ0v) is 16.5. The molecule has 0 saturated carbocycles. The van der Waals surface area contributed by atoms with Crippen molar-refractivity contribution in [3.63, 3.8) is 0 Å². The monoisotopic (exact) mass is 367 g/mol. The zero-order valence-electron chi connectivity index (χ0n) is 14.7. The van der Waals surface area contributed by atoms with Gasteiger partial charge in [-0.15, -0.1) is 0 Å². The maximum Gasteiger partial charge on any atom is 0.114 e. The first-order chi connectivity index (χ1) is 12.6. The van der Waals surface area contributed by atoms with Crippen molar-refractivity contribution in [3.8, 4) is 22.4 Å². The Morgan fingerprint density at radius 2 is 1.54 bits per heavy atom. The summed E-state index contributed by atoms with van der Waals surface area (Å²) in [5.41, 5.74) is 5.29. The molecule has 1 nitrogen and oxygen atoms in total. The van der Waals surface area contributed by atoms with Crippen LogP contribution in [-0.2, 0) is 0 Å². The minimum atomic E-state index is -1.65. The van der Waals surface area contributed by atoms with E-state index in [0.717, 1.165) is 0 Å². The van der Waals surface area contributed by atoms with Gasteiger partial charge in [0.15, 0.2) is 0 Å². The molecule has 0 spiro atoms. The maximum atomic E-state index is 4.89. The fourth-order valence-electron chi connectivity index (χ4n) is 4.59. The third-order valence-corrected chi connectivity index (χ3v) is 10.5. The van der Waals surface area contributed by atoms with Gasteiger partial charge in [-0.2, -0.15) is 0 Å². The van der Waals surface area contributed by atoms with Gasteiger partial charge in [0.1, 0.15) is 8.07 Å². The third kappa shape index (κ3) is 1.75. The molecule has 26 heavy (non-hydrogen) atoms. The molecular weight excluding hydrogens is 350 g/mol. The molecule has 0 amide bonds. The largest absolute Gasteiger partial charge is 0.256 e. The molecule has 2 aliphatic rings. The number of rotatable bonds is 0. The first-order valence-electron chi connectivity index (χ1n) is 8.99. The topological polar surface area (TPSA) is 12.9 Å². The molecule has 0 atom stereocenters. The molecule has 6 rings (SSSR count). The highest BCUT2D eigenvalue weighted by atomic mass is 32.2. The fourth-order valence-corrected chi connectivity index (χ4v) is 8.87. The molecule has 124 valence electrons. The summed E-state index contributed by atoms with van der Waals surface area (Å²) >= 11 is 1.91. The van der Waals surface area contributed by atoms with Crippen molar-refractivity contribution >= 4 is 41.0 Å². The van der Waals surface area contributed by atoms with Gasteiger partial charge in [-0.05, 0) is 51.0 Å². The summed E-state index contributed by atoms with van der Waals surface area (Å²) in [6.07, 6.45) is 2.02. The Morgan fingerprint density at radius 3 is 2.38 bits per heavy atom. The lowest BCUT2D eigenvalue weighted by atomic mass is 9.97. The summed E-state index contributed by atoms with van der Waals surface area (Å²) in [5, 5.41) is 5.67.